The minimum Gasteiger partial charge on any atom is -0.426 e. The van der Waals surface area contributed by atoms with E-state index in [2.05, 4.69) is 0 Å². The molecule has 4 atom stereocenters. The second-order valence-corrected chi connectivity index (χ2v) is 9.12. The third-order valence-corrected chi connectivity index (χ3v) is 7.06. The van der Waals surface area contributed by atoms with Crippen molar-refractivity contribution < 1.29 is 23.9 Å². The third-order valence-electron chi connectivity index (χ3n) is 7.06. The molecule has 7 heteroatoms. The van der Waals surface area contributed by atoms with Crippen LogP contribution < -0.4 is 9.64 Å². The maximum atomic E-state index is 12.8. The number of imide groups is 1. The minimum atomic E-state index is -0.546. The van der Waals surface area contributed by atoms with Crippen LogP contribution in [0.3, 0.4) is 0 Å². The number of amides is 3. The molecule has 0 radical (unpaired) electrons. The molecule has 0 unspecified atom stereocenters. The molecule has 2 aliphatic heterocycles. The van der Waals surface area contributed by atoms with E-state index in [1.54, 1.807) is 29.2 Å². The van der Waals surface area contributed by atoms with Crippen LogP contribution in [0.5, 0.6) is 5.75 Å². The Morgan fingerprint density at radius 3 is 2.15 bits per heavy atom. The van der Waals surface area contributed by atoms with Crippen LogP contribution in [-0.4, -0.2) is 35.1 Å². The molecule has 3 aliphatic rings. The molecule has 0 N–H and O–H groups in total. The number of allylic oxidation sites excluding steroid dienone is 2. The van der Waals surface area contributed by atoms with Gasteiger partial charge < -0.3 is 9.64 Å². The fraction of sp³-hybridized carbons (Fsp3) is 0.333. The van der Waals surface area contributed by atoms with Gasteiger partial charge in [0.1, 0.15) is 5.75 Å². The molecular weight excluding hydrogens is 432 g/mol. The van der Waals surface area contributed by atoms with Crippen LogP contribution in [0.15, 0.2) is 66.7 Å². The highest BCUT2D eigenvalue weighted by molar-refractivity contribution is 6.22. The molecule has 2 aromatic carbocycles. The number of carbonyl (C=O) groups is 4. The van der Waals surface area contributed by atoms with Gasteiger partial charge in [-0.1, -0.05) is 42.5 Å². The molecule has 174 valence electrons. The van der Waals surface area contributed by atoms with E-state index in [4.69, 9.17) is 4.74 Å². The average Bonchev–Trinajstić information content (AvgIpc) is 3.37. The van der Waals surface area contributed by atoms with Crippen molar-refractivity contribution >= 4 is 29.4 Å². The highest BCUT2D eigenvalue weighted by Gasteiger charge is 2.47. The number of hydrogen-bond acceptors (Lipinski definition) is 5. The largest absolute Gasteiger partial charge is 0.426 e. The van der Waals surface area contributed by atoms with Gasteiger partial charge in [0.05, 0.1) is 29.5 Å². The fourth-order valence-corrected chi connectivity index (χ4v) is 5.09. The Morgan fingerprint density at radius 1 is 0.912 bits per heavy atom. The van der Waals surface area contributed by atoms with Crippen LogP contribution in [0.1, 0.15) is 37.8 Å². The van der Waals surface area contributed by atoms with E-state index in [0.717, 1.165) is 5.56 Å². The number of rotatable bonds is 5. The van der Waals surface area contributed by atoms with E-state index < -0.39 is 11.9 Å². The Hall–Kier alpha value is -3.74. The summed E-state index contributed by atoms with van der Waals surface area (Å²) in [6.07, 6.45) is 5.19. The maximum Gasteiger partial charge on any atom is 0.316 e. The lowest BCUT2D eigenvalue weighted by molar-refractivity contribution is -0.139. The molecule has 1 aliphatic carbocycles. The minimum absolute atomic E-state index is 0.0735. The molecule has 3 amide bonds. The lowest BCUT2D eigenvalue weighted by Gasteiger charge is -2.25. The molecule has 0 saturated carbocycles. The number of nitrogens with zero attached hydrogens (tertiary/aromatic N) is 2. The SMILES string of the molecule is C[C@H](c1ccccc1)N1C[C@H](C(=O)Oc2ccc(N3C(=O)[C@H]4CC=CC[C@H]4C3=O)cc2)CC1=O. The van der Waals surface area contributed by atoms with Crippen molar-refractivity contribution in [3.8, 4) is 5.75 Å². The Kier molecular flexibility index (Phi) is 5.77. The molecular formula is C27H26N2O5. The zero-order valence-corrected chi connectivity index (χ0v) is 18.9. The second-order valence-electron chi connectivity index (χ2n) is 9.12. The first kappa shape index (κ1) is 22.1. The van der Waals surface area contributed by atoms with E-state index in [9.17, 15) is 19.2 Å². The summed E-state index contributed by atoms with van der Waals surface area (Å²) in [5.74, 6) is -1.72. The van der Waals surface area contributed by atoms with Gasteiger partial charge in [-0.25, -0.2) is 0 Å². The van der Waals surface area contributed by atoms with E-state index in [1.165, 1.54) is 4.90 Å². The number of carbonyl (C=O) groups excluding carboxylic acids is 4. The molecule has 7 nitrogen and oxygen atoms in total. The normalized spacial score (nSPS) is 25.0. The Balaban J connectivity index is 1.23. The molecule has 0 bridgehead atoms. The van der Waals surface area contributed by atoms with Gasteiger partial charge in [-0.2, -0.15) is 0 Å². The van der Waals surface area contributed by atoms with Crippen molar-refractivity contribution in [1.82, 2.24) is 4.90 Å². The smallest absolute Gasteiger partial charge is 0.316 e. The monoisotopic (exact) mass is 458 g/mol. The molecule has 0 aromatic heterocycles. The quantitative estimate of drug-likeness (QED) is 0.296. The second kappa shape index (κ2) is 8.89. The number of fused-ring (bicyclic) bond motifs is 1. The fourth-order valence-electron chi connectivity index (χ4n) is 5.09. The van der Waals surface area contributed by atoms with Crippen molar-refractivity contribution in [1.29, 1.82) is 0 Å². The predicted molar refractivity (Wildman–Crippen MR) is 125 cm³/mol. The van der Waals surface area contributed by atoms with Gasteiger partial charge >= 0.3 is 5.97 Å². The summed E-state index contributed by atoms with van der Waals surface area (Å²) in [5.41, 5.74) is 1.49. The van der Waals surface area contributed by atoms with Gasteiger partial charge in [-0.3, -0.25) is 24.1 Å². The number of hydrogen-bond donors (Lipinski definition) is 0. The lowest BCUT2D eigenvalue weighted by Crippen LogP contribution is -2.31. The van der Waals surface area contributed by atoms with E-state index in [1.807, 2.05) is 49.4 Å². The molecule has 0 spiro atoms. The Morgan fingerprint density at radius 2 is 1.53 bits per heavy atom. The summed E-state index contributed by atoms with van der Waals surface area (Å²) < 4.78 is 5.53. The highest BCUT2D eigenvalue weighted by atomic mass is 16.5. The van der Waals surface area contributed by atoms with Gasteiger partial charge in [0.25, 0.3) is 0 Å². The molecule has 2 aromatic rings. The van der Waals surface area contributed by atoms with Crippen molar-refractivity contribution in [2.75, 3.05) is 11.4 Å². The van der Waals surface area contributed by atoms with Gasteiger partial charge in [0, 0.05) is 13.0 Å². The van der Waals surface area contributed by atoms with E-state index in [0.29, 0.717) is 30.8 Å². The topological polar surface area (TPSA) is 84.0 Å². The lowest BCUT2D eigenvalue weighted by atomic mass is 9.85. The van der Waals surface area contributed by atoms with Crippen LogP contribution in [-0.2, 0) is 19.2 Å². The summed E-state index contributed by atoms with van der Waals surface area (Å²) >= 11 is 0. The average molecular weight is 459 g/mol. The van der Waals surface area contributed by atoms with Crippen LogP contribution in [0.25, 0.3) is 0 Å². The van der Waals surface area contributed by atoms with Crippen LogP contribution >= 0.6 is 0 Å². The van der Waals surface area contributed by atoms with Crippen molar-refractivity contribution in [3.63, 3.8) is 0 Å². The van der Waals surface area contributed by atoms with Gasteiger partial charge in [0.15, 0.2) is 0 Å². The molecule has 2 saturated heterocycles. The number of benzene rings is 2. The molecule has 2 heterocycles. The van der Waals surface area contributed by atoms with E-state index in [-0.39, 0.29) is 42.0 Å². The predicted octanol–water partition coefficient (Wildman–Crippen LogP) is 3.66. The van der Waals surface area contributed by atoms with Crippen LogP contribution in [0, 0.1) is 17.8 Å². The van der Waals surface area contributed by atoms with E-state index >= 15 is 0 Å². The first-order chi connectivity index (χ1) is 16.4. The number of likely N-dealkylation sites (tertiary alicyclic amines) is 1. The van der Waals surface area contributed by atoms with Crippen molar-refractivity contribution in [2.45, 2.75) is 32.2 Å². The van der Waals surface area contributed by atoms with Gasteiger partial charge in [0.2, 0.25) is 17.7 Å². The summed E-state index contributed by atoms with van der Waals surface area (Å²) in [6.45, 7) is 2.26. The zero-order valence-electron chi connectivity index (χ0n) is 18.9. The Labute approximate surface area is 198 Å². The molecule has 2 fully saturated rings. The van der Waals surface area contributed by atoms with Gasteiger partial charge in [-0.05, 0) is 49.6 Å². The summed E-state index contributed by atoms with van der Waals surface area (Å²) in [5, 5.41) is 0. The van der Waals surface area contributed by atoms with Crippen molar-refractivity contribution in [3.05, 3.63) is 72.3 Å². The number of esters is 1. The summed E-state index contributed by atoms with van der Waals surface area (Å²) in [4.78, 5) is 53.8. The standard InChI is InChI=1S/C27H26N2O5/c1-17(18-7-3-2-4-8-18)28-16-19(15-24(28)30)27(33)34-21-13-11-20(12-14-21)29-25(31)22-9-5-6-10-23(22)26(29)32/h2-8,11-14,17,19,22-23H,9-10,15-16H2,1H3/t17-,19-,22-,23+/m1/s1. The van der Waals surface area contributed by atoms with Crippen LogP contribution in [0.4, 0.5) is 5.69 Å². The van der Waals surface area contributed by atoms with Crippen LogP contribution in [0.2, 0.25) is 0 Å². The molecule has 5 rings (SSSR count). The summed E-state index contributed by atoms with van der Waals surface area (Å²) in [7, 11) is 0. The summed E-state index contributed by atoms with van der Waals surface area (Å²) in [6, 6.07) is 16.0. The van der Waals surface area contributed by atoms with Crippen molar-refractivity contribution in [2.24, 2.45) is 17.8 Å². The first-order valence-corrected chi connectivity index (χ1v) is 11.6. The number of ether oxygens (including phenoxy) is 1. The number of anilines is 1. The zero-order chi connectivity index (χ0) is 23.8. The maximum absolute atomic E-state index is 12.8. The third kappa shape index (κ3) is 3.91. The van der Waals surface area contributed by atoms with Gasteiger partial charge in [-0.15, -0.1) is 0 Å². The first-order valence-electron chi connectivity index (χ1n) is 11.6. The Bertz CT molecular complexity index is 1130. The molecule has 34 heavy (non-hydrogen) atoms. The highest BCUT2D eigenvalue weighted by Crippen LogP contribution is 2.38.